The second-order valence-corrected chi connectivity index (χ2v) is 5.53. The molecule has 0 aliphatic carbocycles. The lowest BCUT2D eigenvalue weighted by Crippen LogP contribution is -2.09. The molecule has 3 aromatic rings. The van der Waals surface area contributed by atoms with Gasteiger partial charge in [0.15, 0.2) is 0 Å². The van der Waals surface area contributed by atoms with Crippen LogP contribution in [0.25, 0.3) is 0 Å². The van der Waals surface area contributed by atoms with Crippen molar-refractivity contribution in [3.63, 3.8) is 0 Å². The van der Waals surface area contributed by atoms with Crippen molar-refractivity contribution in [1.82, 2.24) is 0 Å². The van der Waals surface area contributed by atoms with Crippen molar-refractivity contribution >= 4 is 17.1 Å². The summed E-state index contributed by atoms with van der Waals surface area (Å²) in [6.07, 6.45) is 1.07. The molecule has 0 radical (unpaired) electrons. The van der Waals surface area contributed by atoms with Crippen LogP contribution in [-0.2, 0) is 6.42 Å². The number of benzene rings is 3. The first-order valence-corrected chi connectivity index (χ1v) is 7.78. The lowest BCUT2D eigenvalue weighted by Gasteiger charge is -2.25. The van der Waals surface area contributed by atoms with Crippen LogP contribution in [0.4, 0.5) is 17.1 Å². The Hall–Kier alpha value is -2.54. The first kappa shape index (κ1) is 14.4. The van der Waals surface area contributed by atoms with Gasteiger partial charge in [-0.3, -0.25) is 0 Å². The Morgan fingerprint density at radius 2 is 1.14 bits per heavy atom. The normalized spacial score (nSPS) is 10.5. The average Bonchev–Trinajstić information content (AvgIpc) is 2.58. The number of hydrogen-bond acceptors (Lipinski definition) is 1. The molecule has 0 fully saturated rings. The van der Waals surface area contributed by atoms with Gasteiger partial charge in [0.05, 0.1) is 0 Å². The third-order valence-electron chi connectivity index (χ3n) is 3.91. The highest BCUT2D eigenvalue weighted by molar-refractivity contribution is 5.76. The smallest absolute Gasteiger partial charge is 0.0461 e. The highest BCUT2D eigenvalue weighted by Crippen LogP contribution is 2.34. The third-order valence-corrected chi connectivity index (χ3v) is 3.91. The van der Waals surface area contributed by atoms with Gasteiger partial charge in [-0.05, 0) is 55.3 Å². The number of para-hydroxylation sites is 1. The fourth-order valence-corrected chi connectivity index (χ4v) is 2.60. The van der Waals surface area contributed by atoms with E-state index in [1.165, 1.54) is 28.2 Å². The Balaban J connectivity index is 2.07. The zero-order valence-corrected chi connectivity index (χ0v) is 13.2. The maximum Gasteiger partial charge on any atom is 0.0461 e. The van der Waals surface area contributed by atoms with Crippen LogP contribution in [0.3, 0.4) is 0 Å². The van der Waals surface area contributed by atoms with Gasteiger partial charge < -0.3 is 4.90 Å². The maximum absolute atomic E-state index is 2.29. The van der Waals surface area contributed by atoms with Crippen molar-refractivity contribution < 1.29 is 0 Å². The second-order valence-electron chi connectivity index (χ2n) is 5.53. The topological polar surface area (TPSA) is 3.24 Å². The summed E-state index contributed by atoms with van der Waals surface area (Å²) in [5.41, 5.74) is 6.18. The number of rotatable bonds is 4. The molecule has 0 aliphatic heterocycles. The van der Waals surface area contributed by atoms with Crippen LogP contribution in [0.1, 0.15) is 18.1 Å². The SMILES string of the molecule is CCc1ccc(N(c2ccccc2)c2ccc(C)cc2)cc1. The highest BCUT2D eigenvalue weighted by atomic mass is 15.1. The standard InChI is InChI=1S/C21H21N/c1-3-18-11-15-21(16-12-18)22(19-7-5-4-6-8-19)20-13-9-17(2)10-14-20/h4-16H,3H2,1-2H3. The summed E-state index contributed by atoms with van der Waals surface area (Å²) in [5, 5.41) is 0. The van der Waals surface area contributed by atoms with Crippen molar-refractivity contribution in [2.24, 2.45) is 0 Å². The molecule has 1 nitrogen and oxygen atoms in total. The van der Waals surface area contributed by atoms with E-state index < -0.39 is 0 Å². The van der Waals surface area contributed by atoms with Gasteiger partial charge >= 0.3 is 0 Å². The van der Waals surface area contributed by atoms with Crippen molar-refractivity contribution in [1.29, 1.82) is 0 Å². The number of aryl methyl sites for hydroxylation is 2. The molecule has 110 valence electrons. The predicted octanol–water partition coefficient (Wildman–Crippen LogP) is 6.03. The van der Waals surface area contributed by atoms with E-state index in [-0.39, 0.29) is 0 Å². The van der Waals surface area contributed by atoms with E-state index in [2.05, 4.69) is 97.6 Å². The quantitative estimate of drug-likeness (QED) is 0.566. The molecule has 3 aromatic carbocycles. The number of anilines is 3. The van der Waals surface area contributed by atoms with E-state index in [1.54, 1.807) is 0 Å². The minimum Gasteiger partial charge on any atom is -0.311 e. The Morgan fingerprint density at radius 1 is 0.636 bits per heavy atom. The van der Waals surface area contributed by atoms with Crippen molar-refractivity contribution in [2.75, 3.05) is 4.90 Å². The molecule has 0 saturated heterocycles. The van der Waals surface area contributed by atoms with Crippen molar-refractivity contribution in [3.8, 4) is 0 Å². The third kappa shape index (κ3) is 3.04. The molecule has 1 heteroatoms. The minimum absolute atomic E-state index is 1.07. The fraction of sp³-hybridized carbons (Fsp3) is 0.143. The molecular weight excluding hydrogens is 266 g/mol. The van der Waals surface area contributed by atoms with Gasteiger partial charge in [0, 0.05) is 17.1 Å². The molecule has 0 heterocycles. The van der Waals surface area contributed by atoms with Gasteiger partial charge in [-0.2, -0.15) is 0 Å². The summed E-state index contributed by atoms with van der Waals surface area (Å²) >= 11 is 0. The summed E-state index contributed by atoms with van der Waals surface area (Å²) in [7, 11) is 0. The van der Waals surface area contributed by atoms with Crippen LogP contribution in [0.5, 0.6) is 0 Å². The van der Waals surface area contributed by atoms with Gasteiger partial charge in [-0.15, -0.1) is 0 Å². The molecule has 0 amide bonds. The van der Waals surface area contributed by atoms with Crippen LogP contribution in [0.2, 0.25) is 0 Å². The van der Waals surface area contributed by atoms with Gasteiger partial charge in [0.1, 0.15) is 0 Å². The first-order valence-electron chi connectivity index (χ1n) is 7.78. The van der Waals surface area contributed by atoms with E-state index in [0.29, 0.717) is 0 Å². The van der Waals surface area contributed by atoms with Gasteiger partial charge in [-0.1, -0.05) is 55.0 Å². The van der Waals surface area contributed by atoms with E-state index in [1.807, 2.05) is 0 Å². The van der Waals surface area contributed by atoms with Crippen molar-refractivity contribution in [3.05, 3.63) is 90.0 Å². The average molecular weight is 287 g/mol. The minimum atomic E-state index is 1.07. The van der Waals surface area contributed by atoms with Crippen LogP contribution >= 0.6 is 0 Å². The lowest BCUT2D eigenvalue weighted by atomic mass is 10.1. The van der Waals surface area contributed by atoms with E-state index in [0.717, 1.165) is 6.42 Å². The molecule has 0 saturated carbocycles. The molecule has 0 spiro atoms. The molecule has 0 bridgehead atoms. The molecule has 0 atom stereocenters. The summed E-state index contributed by atoms with van der Waals surface area (Å²) in [6, 6.07) is 28.0. The van der Waals surface area contributed by atoms with Crippen LogP contribution in [-0.4, -0.2) is 0 Å². The Bertz CT molecular complexity index is 712. The van der Waals surface area contributed by atoms with Gasteiger partial charge in [-0.25, -0.2) is 0 Å². The number of hydrogen-bond donors (Lipinski definition) is 0. The van der Waals surface area contributed by atoms with E-state index in [9.17, 15) is 0 Å². The number of nitrogens with zero attached hydrogens (tertiary/aromatic N) is 1. The van der Waals surface area contributed by atoms with E-state index in [4.69, 9.17) is 0 Å². The summed E-state index contributed by atoms with van der Waals surface area (Å²) < 4.78 is 0. The fourth-order valence-electron chi connectivity index (χ4n) is 2.60. The summed E-state index contributed by atoms with van der Waals surface area (Å²) in [5.74, 6) is 0. The monoisotopic (exact) mass is 287 g/mol. The van der Waals surface area contributed by atoms with Crippen LogP contribution in [0, 0.1) is 6.92 Å². The van der Waals surface area contributed by atoms with Gasteiger partial charge in [0.2, 0.25) is 0 Å². The molecule has 0 unspecified atom stereocenters. The lowest BCUT2D eigenvalue weighted by molar-refractivity contribution is 1.14. The molecule has 22 heavy (non-hydrogen) atoms. The van der Waals surface area contributed by atoms with E-state index >= 15 is 0 Å². The van der Waals surface area contributed by atoms with Crippen molar-refractivity contribution in [2.45, 2.75) is 20.3 Å². The molecule has 3 rings (SSSR count). The molecule has 0 aromatic heterocycles. The first-order chi connectivity index (χ1) is 10.8. The van der Waals surface area contributed by atoms with Crippen LogP contribution < -0.4 is 4.90 Å². The molecule has 0 aliphatic rings. The van der Waals surface area contributed by atoms with Gasteiger partial charge in [0.25, 0.3) is 0 Å². The zero-order chi connectivity index (χ0) is 15.4. The largest absolute Gasteiger partial charge is 0.311 e. The summed E-state index contributed by atoms with van der Waals surface area (Å²) in [4.78, 5) is 2.29. The Kier molecular flexibility index (Phi) is 4.24. The summed E-state index contributed by atoms with van der Waals surface area (Å²) in [6.45, 7) is 4.30. The highest BCUT2D eigenvalue weighted by Gasteiger charge is 2.11. The predicted molar refractivity (Wildman–Crippen MR) is 95.2 cm³/mol. The Morgan fingerprint density at radius 3 is 1.68 bits per heavy atom. The molecule has 0 N–H and O–H groups in total. The molecular formula is C21H21N. The Labute approximate surface area is 132 Å². The zero-order valence-electron chi connectivity index (χ0n) is 13.2. The maximum atomic E-state index is 2.29. The van der Waals surface area contributed by atoms with Crippen LogP contribution in [0.15, 0.2) is 78.9 Å². The second kappa shape index (κ2) is 6.48.